The van der Waals surface area contributed by atoms with E-state index in [4.69, 9.17) is 14.8 Å². The zero-order chi connectivity index (χ0) is 21.5. The van der Waals surface area contributed by atoms with Crippen molar-refractivity contribution in [1.29, 1.82) is 0 Å². The van der Waals surface area contributed by atoms with Gasteiger partial charge in [-0.15, -0.1) is 11.3 Å². The molecule has 0 radical (unpaired) electrons. The summed E-state index contributed by atoms with van der Waals surface area (Å²) in [6, 6.07) is 10.2. The van der Waals surface area contributed by atoms with Crippen LogP contribution >= 0.6 is 11.3 Å². The summed E-state index contributed by atoms with van der Waals surface area (Å²) in [6.07, 6.45) is 4.89. The van der Waals surface area contributed by atoms with E-state index in [1.54, 1.807) is 17.7 Å². The third kappa shape index (κ3) is 3.34. The van der Waals surface area contributed by atoms with Gasteiger partial charge in [-0.3, -0.25) is 9.78 Å². The van der Waals surface area contributed by atoms with Crippen LogP contribution in [0.4, 0.5) is 0 Å². The molecule has 0 bridgehead atoms. The molecule has 0 amide bonds. The largest absolute Gasteiger partial charge is 0.378 e. The van der Waals surface area contributed by atoms with Crippen LogP contribution in [-0.2, 0) is 11.3 Å². The van der Waals surface area contributed by atoms with E-state index in [0.29, 0.717) is 5.82 Å². The molecule has 0 atom stereocenters. The fourth-order valence-electron chi connectivity index (χ4n) is 4.42. The van der Waals surface area contributed by atoms with Crippen molar-refractivity contribution in [2.75, 3.05) is 26.3 Å². The van der Waals surface area contributed by atoms with Crippen molar-refractivity contribution in [3.05, 3.63) is 53.7 Å². The minimum Gasteiger partial charge on any atom is -0.378 e. The number of rotatable bonds is 4. The fraction of sp³-hybridized carbons (Fsp3) is 0.304. The zero-order valence-corrected chi connectivity index (χ0v) is 18.6. The number of H-pyrrole nitrogens is 1. The van der Waals surface area contributed by atoms with E-state index < -0.39 is 0 Å². The van der Waals surface area contributed by atoms with E-state index >= 15 is 0 Å². The molecular weight excluding hydrogens is 422 g/mol. The van der Waals surface area contributed by atoms with E-state index in [0.717, 1.165) is 77.4 Å². The van der Waals surface area contributed by atoms with Gasteiger partial charge in [0, 0.05) is 37.3 Å². The first-order valence-corrected chi connectivity index (χ1v) is 11.6. The summed E-state index contributed by atoms with van der Waals surface area (Å²) in [5.74, 6) is 0.663. The summed E-state index contributed by atoms with van der Waals surface area (Å²) >= 11 is 1.62. The Balaban J connectivity index is 1.48. The van der Waals surface area contributed by atoms with Crippen molar-refractivity contribution in [2.24, 2.45) is 0 Å². The van der Waals surface area contributed by atoms with Gasteiger partial charge >= 0.3 is 0 Å². The normalized spacial score (nSPS) is 16.2. The van der Waals surface area contributed by atoms with Gasteiger partial charge in [-0.25, -0.2) is 9.97 Å². The maximum absolute atomic E-state index is 5.54. The van der Waals surface area contributed by atoms with Crippen LogP contribution in [0.2, 0.25) is 0 Å². The van der Waals surface area contributed by atoms with Gasteiger partial charge in [0.15, 0.2) is 5.82 Å². The number of morpholine rings is 1. The lowest BCUT2D eigenvalue weighted by Crippen LogP contribution is -2.36. The summed E-state index contributed by atoms with van der Waals surface area (Å²) in [5.41, 5.74) is 6.53. The lowest BCUT2D eigenvalue weighted by molar-refractivity contribution is 0.0520. The Hall–Kier alpha value is -3.30. The van der Waals surface area contributed by atoms with Crippen LogP contribution in [0.1, 0.15) is 17.8 Å². The van der Waals surface area contributed by atoms with Gasteiger partial charge in [0.1, 0.15) is 16.2 Å². The summed E-state index contributed by atoms with van der Waals surface area (Å²) < 4.78 is 7.66. The van der Waals surface area contributed by atoms with Crippen LogP contribution in [-0.4, -0.2) is 61.1 Å². The van der Waals surface area contributed by atoms with Gasteiger partial charge < -0.3 is 9.64 Å². The Bertz CT molecular complexity index is 1270. The number of hydrogen-bond acceptors (Lipinski definition) is 7. The molecule has 0 aliphatic carbocycles. The van der Waals surface area contributed by atoms with Gasteiger partial charge in [0.05, 0.1) is 35.9 Å². The molecule has 4 aromatic rings. The molecule has 1 aromatic carbocycles. The predicted molar refractivity (Wildman–Crippen MR) is 124 cm³/mol. The number of ether oxygens (including phenoxy) is 1. The number of aromatic nitrogens is 6. The Kier molecular flexibility index (Phi) is 4.84. The maximum Gasteiger partial charge on any atom is 0.193 e. The minimum atomic E-state index is 0.663. The highest BCUT2D eigenvalue weighted by Gasteiger charge is 2.26. The second kappa shape index (κ2) is 7.99. The maximum atomic E-state index is 5.54. The van der Waals surface area contributed by atoms with E-state index in [1.165, 1.54) is 5.70 Å². The van der Waals surface area contributed by atoms with Crippen molar-refractivity contribution in [3.8, 4) is 32.5 Å². The van der Waals surface area contributed by atoms with Crippen molar-refractivity contribution >= 4 is 17.4 Å². The molecule has 0 spiro atoms. The van der Waals surface area contributed by atoms with Crippen LogP contribution in [0.3, 0.4) is 0 Å². The smallest absolute Gasteiger partial charge is 0.193 e. The van der Waals surface area contributed by atoms with Crippen LogP contribution in [0.15, 0.2) is 42.4 Å². The van der Waals surface area contributed by atoms with Crippen LogP contribution in [0, 0.1) is 6.92 Å². The molecule has 8 nitrogen and oxygen atoms in total. The number of aromatic amines is 1. The highest BCUT2D eigenvalue weighted by Crippen LogP contribution is 2.42. The Morgan fingerprint density at radius 1 is 1.09 bits per heavy atom. The summed E-state index contributed by atoms with van der Waals surface area (Å²) in [5, 5.41) is 12.9. The highest BCUT2D eigenvalue weighted by atomic mass is 32.1. The van der Waals surface area contributed by atoms with Gasteiger partial charge in [-0.05, 0) is 13.0 Å². The van der Waals surface area contributed by atoms with Gasteiger partial charge in [-0.1, -0.05) is 30.3 Å². The third-order valence-electron chi connectivity index (χ3n) is 5.97. The highest BCUT2D eigenvalue weighted by molar-refractivity contribution is 7.18. The first kappa shape index (κ1) is 19.4. The number of fused-ring (bicyclic) bond motifs is 1. The summed E-state index contributed by atoms with van der Waals surface area (Å²) in [4.78, 5) is 12.9. The SMILES string of the molecule is Cc1nn2c(c1-c1nc(-c3ccccc3)c(-c3nc[nH]n3)s1)C=C(N1CCOCC1)CC2. The summed E-state index contributed by atoms with van der Waals surface area (Å²) in [6.45, 7) is 6.41. The van der Waals surface area contributed by atoms with Crippen molar-refractivity contribution in [2.45, 2.75) is 19.9 Å². The molecule has 0 unspecified atom stereocenters. The zero-order valence-electron chi connectivity index (χ0n) is 17.8. The molecule has 3 aromatic heterocycles. The van der Waals surface area contributed by atoms with Crippen LogP contribution in [0.5, 0.6) is 0 Å². The molecule has 5 heterocycles. The third-order valence-corrected chi connectivity index (χ3v) is 7.04. The molecule has 0 saturated carbocycles. The second-order valence-electron chi connectivity index (χ2n) is 7.94. The Morgan fingerprint density at radius 3 is 2.72 bits per heavy atom. The van der Waals surface area contributed by atoms with Crippen molar-refractivity contribution in [3.63, 3.8) is 0 Å². The fourth-order valence-corrected chi connectivity index (χ4v) is 5.55. The first-order chi connectivity index (χ1) is 15.8. The quantitative estimate of drug-likeness (QED) is 0.514. The summed E-state index contributed by atoms with van der Waals surface area (Å²) in [7, 11) is 0. The first-order valence-electron chi connectivity index (χ1n) is 10.8. The number of hydrogen-bond donors (Lipinski definition) is 1. The van der Waals surface area contributed by atoms with Crippen molar-refractivity contribution in [1.82, 2.24) is 34.8 Å². The van der Waals surface area contributed by atoms with Crippen LogP contribution < -0.4 is 0 Å². The van der Waals surface area contributed by atoms with E-state index in [2.05, 4.69) is 49.9 Å². The predicted octanol–water partition coefficient (Wildman–Crippen LogP) is 3.84. The Morgan fingerprint density at radius 2 is 1.94 bits per heavy atom. The number of aryl methyl sites for hydroxylation is 2. The average molecular weight is 446 g/mol. The van der Waals surface area contributed by atoms with Gasteiger partial charge in [0.25, 0.3) is 0 Å². The van der Waals surface area contributed by atoms with Crippen molar-refractivity contribution < 1.29 is 4.74 Å². The second-order valence-corrected chi connectivity index (χ2v) is 8.94. The molecule has 9 heteroatoms. The Labute approximate surface area is 189 Å². The van der Waals surface area contributed by atoms with Gasteiger partial charge in [0.2, 0.25) is 0 Å². The number of thiazole rings is 1. The molecule has 2 aliphatic rings. The van der Waals surface area contributed by atoms with Crippen LogP contribution in [0.25, 0.3) is 38.6 Å². The lowest BCUT2D eigenvalue weighted by Gasteiger charge is -2.32. The number of allylic oxidation sites excluding steroid dienone is 1. The minimum absolute atomic E-state index is 0.663. The van der Waals surface area contributed by atoms with E-state index in [-0.39, 0.29) is 0 Å². The number of nitrogens with zero attached hydrogens (tertiary/aromatic N) is 6. The molecular formula is C23H23N7OS. The topological polar surface area (TPSA) is 84.8 Å². The molecule has 1 N–H and O–H groups in total. The molecule has 1 saturated heterocycles. The monoisotopic (exact) mass is 445 g/mol. The molecule has 32 heavy (non-hydrogen) atoms. The number of benzene rings is 1. The lowest BCUT2D eigenvalue weighted by atomic mass is 10.1. The average Bonchev–Trinajstić information content (AvgIpc) is 3.57. The van der Waals surface area contributed by atoms with E-state index in [9.17, 15) is 0 Å². The standard InChI is InChI=1S/C23H23N7OS/c1-15-19(18-13-17(7-8-30(18)28-15)29-9-11-31-12-10-29)23-26-20(16-5-3-2-4-6-16)21(32-23)22-24-14-25-27-22/h2-6,13-14H,7-12H2,1H3,(H,24,25,27). The van der Waals surface area contributed by atoms with Gasteiger partial charge in [-0.2, -0.15) is 10.2 Å². The molecule has 2 aliphatic heterocycles. The molecule has 6 rings (SSSR count). The number of nitrogens with one attached hydrogen (secondary N) is 1. The molecule has 1 fully saturated rings. The molecule has 162 valence electrons. The van der Waals surface area contributed by atoms with E-state index in [1.807, 2.05) is 18.2 Å².